The van der Waals surface area contributed by atoms with Crippen molar-refractivity contribution in [3.8, 4) is 0 Å². The Bertz CT molecular complexity index is 615. The van der Waals surface area contributed by atoms with Crippen LogP contribution in [0.3, 0.4) is 0 Å². The molecule has 0 unspecified atom stereocenters. The van der Waals surface area contributed by atoms with Gasteiger partial charge in [-0.05, 0) is 17.7 Å². The zero-order valence-corrected chi connectivity index (χ0v) is 13.7. The molecule has 20 heavy (non-hydrogen) atoms. The molecule has 0 radical (unpaired) electrons. The predicted molar refractivity (Wildman–Crippen MR) is 87.3 cm³/mol. The van der Waals surface area contributed by atoms with Gasteiger partial charge in [-0.1, -0.05) is 57.2 Å². The van der Waals surface area contributed by atoms with Crippen molar-refractivity contribution in [2.75, 3.05) is 11.1 Å². The van der Waals surface area contributed by atoms with Crippen LogP contribution in [0.1, 0.15) is 5.56 Å². The number of benzene rings is 1. The van der Waals surface area contributed by atoms with E-state index in [1.165, 1.54) is 11.3 Å². The Morgan fingerprint density at radius 3 is 3.10 bits per heavy atom. The van der Waals surface area contributed by atoms with E-state index in [9.17, 15) is 4.79 Å². The van der Waals surface area contributed by atoms with E-state index in [0.29, 0.717) is 11.6 Å². The molecule has 0 atom stereocenters. The molecular weight excluding hydrogens is 358 g/mol. The van der Waals surface area contributed by atoms with Crippen LogP contribution < -0.4 is 5.32 Å². The molecule has 4 nitrogen and oxygen atoms in total. The van der Waals surface area contributed by atoms with E-state index >= 15 is 0 Å². The van der Waals surface area contributed by atoms with Crippen molar-refractivity contribution in [3.63, 3.8) is 0 Å². The van der Waals surface area contributed by atoms with Crippen LogP contribution in [0.5, 0.6) is 0 Å². The van der Waals surface area contributed by atoms with Gasteiger partial charge in [0.15, 0.2) is 4.34 Å². The number of rotatable bonds is 6. The number of anilines is 1. The van der Waals surface area contributed by atoms with E-state index in [1.807, 2.05) is 24.3 Å². The minimum atomic E-state index is -0.0977. The Morgan fingerprint density at radius 2 is 2.35 bits per heavy atom. The highest BCUT2D eigenvalue weighted by molar-refractivity contribution is 9.10. The zero-order chi connectivity index (χ0) is 14.4. The molecule has 7 heteroatoms. The molecular formula is C13H12BrN3OS2. The lowest BCUT2D eigenvalue weighted by atomic mass is 10.1. The number of hydrogen-bond donors (Lipinski definition) is 1. The van der Waals surface area contributed by atoms with Crippen LogP contribution in [0.4, 0.5) is 5.13 Å². The fraction of sp³-hybridized carbons (Fsp3) is 0.154. The second-order valence-corrected chi connectivity index (χ2v) is 6.99. The van der Waals surface area contributed by atoms with Gasteiger partial charge in [-0.3, -0.25) is 4.79 Å². The summed E-state index contributed by atoms with van der Waals surface area (Å²) in [5, 5.41) is 11.2. The topological polar surface area (TPSA) is 54.9 Å². The molecule has 104 valence electrons. The summed E-state index contributed by atoms with van der Waals surface area (Å²) in [6.07, 6.45) is 2.12. The van der Waals surface area contributed by atoms with Gasteiger partial charge in [0.25, 0.3) is 0 Å². The highest BCUT2D eigenvalue weighted by Crippen LogP contribution is 2.25. The highest BCUT2D eigenvalue weighted by atomic mass is 79.9. The quantitative estimate of drug-likeness (QED) is 0.478. The summed E-state index contributed by atoms with van der Waals surface area (Å²) in [4.78, 5) is 11.9. The lowest BCUT2D eigenvalue weighted by Gasteiger charge is -2.01. The van der Waals surface area contributed by atoms with Crippen molar-refractivity contribution in [1.82, 2.24) is 10.2 Å². The van der Waals surface area contributed by atoms with Gasteiger partial charge in [-0.25, -0.2) is 0 Å². The molecule has 2 aromatic rings. The number of nitrogens with one attached hydrogen (secondary N) is 1. The van der Waals surface area contributed by atoms with E-state index in [2.05, 4.69) is 38.0 Å². The van der Waals surface area contributed by atoms with Crippen molar-refractivity contribution >= 4 is 50.1 Å². The molecule has 0 saturated carbocycles. The smallest absolute Gasteiger partial charge is 0.230 e. The minimum Gasteiger partial charge on any atom is -0.300 e. The first-order chi connectivity index (χ1) is 9.67. The molecule has 2 rings (SSSR count). The Hall–Kier alpha value is -1.18. The average molecular weight is 370 g/mol. The van der Waals surface area contributed by atoms with Crippen molar-refractivity contribution in [1.29, 1.82) is 0 Å². The Kier molecular flexibility index (Phi) is 5.75. The van der Waals surface area contributed by atoms with Gasteiger partial charge < -0.3 is 5.32 Å². The number of carbonyl (C=O) groups is 1. The molecule has 0 aliphatic heterocycles. The SMILES string of the molecule is C=CCSc1nnc(NC(=O)Cc2cccc(Br)c2)s1. The summed E-state index contributed by atoms with van der Waals surface area (Å²) < 4.78 is 1.78. The van der Waals surface area contributed by atoms with Gasteiger partial charge in [0.05, 0.1) is 6.42 Å². The van der Waals surface area contributed by atoms with E-state index in [1.54, 1.807) is 17.8 Å². The van der Waals surface area contributed by atoms with Gasteiger partial charge in [0.2, 0.25) is 11.0 Å². The van der Waals surface area contributed by atoms with Crippen molar-refractivity contribution < 1.29 is 4.79 Å². The van der Waals surface area contributed by atoms with Crippen molar-refractivity contribution in [2.24, 2.45) is 0 Å². The third kappa shape index (κ3) is 4.73. The third-order valence-electron chi connectivity index (χ3n) is 2.23. The molecule has 1 N–H and O–H groups in total. The maximum atomic E-state index is 11.9. The van der Waals surface area contributed by atoms with Gasteiger partial charge in [-0.15, -0.1) is 16.8 Å². The fourth-order valence-electron chi connectivity index (χ4n) is 1.44. The molecule has 1 aromatic heterocycles. The summed E-state index contributed by atoms with van der Waals surface area (Å²) >= 11 is 6.29. The van der Waals surface area contributed by atoms with E-state index in [4.69, 9.17) is 0 Å². The maximum Gasteiger partial charge on any atom is 0.230 e. The lowest BCUT2D eigenvalue weighted by Crippen LogP contribution is -2.14. The summed E-state index contributed by atoms with van der Waals surface area (Å²) in [6, 6.07) is 7.66. The molecule has 0 aliphatic carbocycles. The Balaban J connectivity index is 1.91. The summed E-state index contributed by atoms with van der Waals surface area (Å²) in [5.41, 5.74) is 0.947. The largest absolute Gasteiger partial charge is 0.300 e. The summed E-state index contributed by atoms with van der Waals surface area (Å²) in [5.74, 6) is 0.681. The van der Waals surface area contributed by atoms with Crippen LogP contribution in [-0.2, 0) is 11.2 Å². The van der Waals surface area contributed by atoms with Crippen LogP contribution >= 0.6 is 39.0 Å². The molecule has 0 saturated heterocycles. The Labute approximate surface area is 133 Å². The van der Waals surface area contributed by atoms with Crippen LogP contribution in [-0.4, -0.2) is 21.9 Å². The number of carbonyl (C=O) groups excluding carboxylic acids is 1. The van der Waals surface area contributed by atoms with Gasteiger partial charge in [0.1, 0.15) is 0 Å². The number of thioether (sulfide) groups is 1. The summed E-state index contributed by atoms with van der Waals surface area (Å²) in [7, 11) is 0. The van der Waals surface area contributed by atoms with E-state index in [0.717, 1.165) is 20.1 Å². The summed E-state index contributed by atoms with van der Waals surface area (Å²) in [6.45, 7) is 3.65. The second-order valence-electron chi connectivity index (χ2n) is 3.83. The first kappa shape index (κ1) is 15.2. The molecule has 0 fully saturated rings. The lowest BCUT2D eigenvalue weighted by molar-refractivity contribution is -0.115. The molecule has 1 heterocycles. The number of hydrogen-bond acceptors (Lipinski definition) is 5. The second kappa shape index (κ2) is 7.56. The first-order valence-corrected chi connectivity index (χ1v) is 8.38. The van der Waals surface area contributed by atoms with Gasteiger partial charge in [-0.2, -0.15) is 0 Å². The van der Waals surface area contributed by atoms with E-state index in [-0.39, 0.29) is 5.91 Å². The van der Waals surface area contributed by atoms with Gasteiger partial charge in [0, 0.05) is 10.2 Å². The van der Waals surface area contributed by atoms with E-state index < -0.39 is 0 Å². The van der Waals surface area contributed by atoms with Crippen LogP contribution in [0.2, 0.25) is 0 Å². The third-order valence-corrected chi connectivity index (χ3v) is 4.69. The molecule has 0 aliphatic rings. The zero-order valence-electron chi connectivity index (χ0n) is 10.5. The fourth-order valence-corrected chi connectivity index (χ4v) is 3.42. The molecule has 0 spiro atoms. The van der Waals surface area contributed by atoms with Gasteiger partial charge >= 0.3 is 0 Å². The maximum absolute atomic E-state index is 11.9. The number of nitrogens with zero attached hydrogens (tertiary/aromatic N) is 2. The van der Waals surface area contributed by atoms with Crippen LogP contribution in [0.25, 0.3) is 0 Å². The highest BCUT2D eigenvalue weighted by Gasteiger charge is 2.09. The predicted octanol–water partition coefficient (Wildman–Crippen LogP) is 3.76. The van der Waals surface area contributed by atoms with Crippen molar-refractivity contribution in [2.45, 2.75) is 10.8 Å². The molecule has 1 aromatic carbocycles. The Morgan fingerprint density at radius 1 is 1.50 bits per heavy atom. The number of halogens is 1. The van der Waals surface area contributed by atoms with Crippen LogP contribution in [0.15, 0.2) is 45.7 Å². The minimum absolute atomic E-state index is 0.0977. The normalized spacial score (nSPS) is 10.2. The first-order valence-electron chi connectivity index (χ1n) is 5.79. The van der Waals surface area contributed by atoms with Crippen LogP contribution in [0, 0.1) is 0 Å². The number of aromatic nitrogens is 2. The number of amides is 1. The van der Waals surface area contributed by atoms with Crippen molar-refractivity contribution in [3.05, 3.63) is 47.0 Å². The monoisotopic (exact) mass is 369 g/mol. The molecule has 0 bridgehead atoms. The average Bonchev–Trinajstić information content (AvgIpc) is 2.83. The molecule has 1 amide bonds. The standard InChI is InChI=1S/C13H12BrN3OS2/c1-2-6-19-13-17-16-12(20-13)15-11(18)8-9-4-3-5-10(14)7-9/h2-5,7H,1,6,8H2,(H,15,16,18).